The fourth-order valence-corrected chi connectivity index (χ4v) is 3.94. The summed E-state index contributed by atoms with van der Waals surface area (Å²) in [4.78, 5) is 37.7. The van der Waals surface area contributed by atoms with Crippen LogP contribution in [0.15, 0.2) is 59.0 Å². The number of benzene rings is 2. The molecule has 0 spiro atoms. The van der Waals surface area contributed by atoms with Gasteiger partial charge in [-0.1, -0.05) is 30.7 Å². The Morgan fingerprint density at radius 2 is 1.91 bits per heavy atom. The summed E-state index contributed by atoms with van der Waals surface area (Å²) in [6.07, 6.45) is 1.12. The van der Waals surface area contributed by atoms with Gasteiger partial charge in [-0.25, -0.2) is 0 Å². The van der Waals surface area contributed by atoms with E-state index in [1.807, 2.05) is 12.1 Å². The van der Waals surface area contributed by atoms with Crippen LogP contribution in [0.5, 0.6) is 0 Å². The summed E-state index contributed by atoms with van der Waals surface area (Å²) in [6, 6.07) is 14.1. The van der Waals surface area contributed by atoms with E-state index in [1.165, 1.54) is 17.0 Å². The summed E-state index contributed by atoms with van der Waals surface area (Å²) in [5, 5.41) is 13.5. The van der Waals surface area contributed by atoms with Gasteiger partial charge >= 0.3 is 0 Å². The lowest BCUT2D eigenvalue weighted by Gasteiger charge is -2.18. The number of para-hydroxylation sites is 1. The number of hydrogen-bond acceptors (Lipinski definition) is 5. The summed E-state index contributed by atoms with van der Waals surface area (Å²) in [6.45, 7) is 2.47. The van der Waals surface area contributed by atoms with Crippen LogP contribution in [0.1, 0.15) is 51.5 Å². The van der Waals surface area contributed by atoms with Crippen molar-refractivity contribution in [2.45, 2.75) is 25.8 Å². The molecular weight excluding hydrogens is 446 g/mol. The topological polar surface area (TPSA) is 106 Å². The average Bonchev–Trinajstić information content (AvgIpc) is 3.33. The molecule has 1 aromatic heterocycles. The number of nitro groups is 1. The van der Waals surface area contributed by atoms with Crippen LogP contribution in [0.25, 0.3) is 0 Å². The zero-order valence-corrected chi connectivity index (χ0v) is 18.8. The van der Waals surface area contributed by atoms with E-state index >= 15 is 0 Å². The van der Waals surface area contributed by atoms with Gasteiger partial charge in [0.05, 0.1) is 33.3 Å². The second-order valence-electron chi connectivity index (χ2n) is 8.21. The molecule has 2 aromatic carbocycles. The van der Waals surface area contributed by atoms with Gasteiger partial charge in [-0.05, 0) is 42.7 Å². The van der Waals surface area contributed by atoms with E-state index in [-0.39, 0.29) is 28.7 Å². The molecule has 8 nitrogen and oxygen atoms in total. The van der Waals surface area contributed by atoms with E-state index in [1.54, 1.807) is 31.3 Å². The normalized spacial score (nSPS) is 16.8. The molecule has 0 bridgehead atoms. The van der Waals surface area contributed by atoms with E-state index < -0.39 is 10.8 Å². The van der Waals surface area contributed by atoms with Crippen LogP contribution in [-0.4, -0.2) is 28.7 Å². The monoisotopic (exact) mass is 467 g/mol. The van der Waals surface area contributed by atoms with Crippen molar-refractivity contribution in [3.8, 4) is 0 Å². The number of non-ortho nitro benzene ring substituents is 1. The smallest absolute Gasteiger partial charge is 0.270 e. The van der Waals surface area contributed by atoms with Gasteiger partial charge in [0.15, 0.2) is 0 Å². The second-order valence-corrected chi connectivity index (χ2v) is 8.61. The highest BCUT2D eigenvalue weighted by atomic mass is 35.5. The molecule has 170 valence electrons. The number of amides is 2. The molecule has 0 radical (unpaired) electrons. The number of nitrogens with one attached hydrogen (secondary N) is 1. The number of anilines is 1. The van der Waals surface area contributed by atoms with Crippen LogP contribution >= 0.6 is 11.6 Å². The molecule has 0 unspecified atom stereocenters. The van der Waals surface area contributed by atoms with Crippen molar-refractivity contribution in [2.24, 2.45) is 5.92 Å². The maximum absolute atomic E-state index is 13.1. The summed E-state index contributed by atoms with van der Waals surface area (Å²) >= 11 is 6.06. The minimum absolute atomic E-state index is 0.0544. The first-order chi connectivity index (χ1) is 15.7. The van der Waals surface area contributed by atoms with Crippen molar-refractivity contribution >= 4 is 34.8 Å². The standard InChI is InChI=1S/C24H22ClN3O5/c1-14-11-19(14)22-10-8-16(33-22)13-27(2)24(30)18-5-3-4-6-21(18)26-23(29)17-9-7-15(28(31)32)12-20(17)25/h3-10,12,14,19H,11,13H2,1-2H3,(H,26,29)/t14-,19-/m0/s1. The summed E-state index contributed by atoms with van der Waals surface area (Å²) in [5.41, 5.74) is 0.455. The number of carbonyl (C=O) groups excluding carboxylic acids is 2. The molecule has 1 N–H and O–H groups in total. The molecule has 33 heavy (non-hydrogen) atoms. The molecule has 1 fully saturated rings. The lowest BCUT2D eigenvalue weighted by Crippen LogP contribution is -2.27. The van der Waals surface area contributed by atoms with E-state index in [4.69, 9.17) is 16.0 Å². The highest BCUT2D eigenvalue weighted by Gasteiger charge is 2.36. The first-order valence-corrected chi connectivity index (χ1v) is 10.8. The van der Waals surface area contributed by atoms with E-state index in [0.29, 0.717) is 28.8 Å². The maximum atomic E-state index is 13.1. The van der Waals surface area contributed by atoms with Gasteiger partial charge in [-0.15, -0.1) is 0 Å². The Morgan fingerprint density at radius 3 is 2.58 bits per heavy atom. The van der Waals surface area contributed by atoms with E-state index in [0.717, 1.165) is 18.2 Å². The Labute approximate surface area is 195 Å². The lowest BCUT2D eigenvalue weighted by atomic mass is 10.1. The van der Waals surface area contributed by atoms with Crippen LogP contribution in [0, 0.1) is 16.0 Å². The molecule has 0 saturated heterocycles. The van der Waals surface area contributed by atoms with Crippen molar-refractivity contribution in [1.29, 1.82) is 0 Å². The SMILES string of the molecule is C[C@H]1C[C@@H]1c1ccc(CN(C)C(=O)c2ccccc2NC(=O)c2ccc([N+](=O)[O-])cc2Cl)o1. The predicted molar refractivity (Wildman–Crippen MR) is 124 cm³/mol. The van der Waals surface area contributed by atoms with Crippen LogP contribution < -0.4 is 5.32 Å². The molecule has 1 heterocycles. The van der Waals surface area contributed by atoms with Crippen molar-refractivity contribution in [1.82, 2.24) is 4.90 Å². The molecule has 1 saturated carbocycles. The third kappa shape index (κ3) is 4.90. The number of nitrogens with zero attached hydrogens (tertiary/aromatic N) is 2. The van der Waals surface area contributed by atoms with E-state index in [9.17, 15) is 19.7 Å². The minimum Gasteiger partial charge on any atom is -0.464 e. The molecule has 9 heteroatoms. The van der Waals surface area contributed by atoms with Gasteiger partial charge in [0.1, 0.15) is 11.5 Å². The number of carbonyl (C=O) groups is 2. The molecule has 4 rings (SSSR count). The minimum atomic E-state index is -0.593. The quantitative estimate of drug-likeness (QED) is 0.365. The van der Waals surface area contributed by atoms with Gasteiger partial charge in [0.2, 0.25) is 0 Å². The molecule has 1 aliphatic carbocycles. The second kappa shape index (κ2) is 9.07. The lowest BCUT2D eigenvalue weighted by molar-refractivity contribution is -0.384. The van der Waals surface area contributed by atoms with Gasteiger partial charge < -0.3 is 14.6 Å². The molecule has 3 aromatic rings. The number of rotatable bonds is 7. The Bertz CT molecular complexity index is 1240. The van der Waals surface area contributed by atoms with Gasteiger partial charge in [-0.3, -0.25) is 19.7 Å². The number of halogens is 1. The fourth-order valence-electron chi connectivity index (χ4n) is 3.68. The van der Waals surface area contributed by atoms with Crippen molar-refractivity contribution in [3.63, 3.8) is 0 Å². The van der Waals surface area contributed by atoms with Gasteiger partial charge in [0.25, 0.3) is 17.5 Å². The van der Waals surface area contributed by atoms with Gasteiger partial charge in [0, 0.05) is 25.1 Å². The molecule has 0 aliphatic heterocycles. The van der Waals surface area contributed by atoms with Crippen molar-refractivity contribution in [2.75, 3.05) is 12.4 Å². The van der Waals surface area contributed by atoms with Crippen LogP contribution in [0.3, 0.4) is 0 Å². The zero-order valence-electron chi connectivity index (χ0n) is 18.1. The van der Waals surface area contributed by atoms with Crippen LogP contribution in [-0.2, 0) is 6.54 Å². The third-order valence-corrected chi connectivity index (χ3v) is 6.02. The number of hydrogen-bond donors (Lipinski definition) is 1. The largest absolute Gasteiger partial charge is 0.464 e. The van der Waals surface area contributed by atoms with E-state index in [2.05, 4.69) is 12.2 Å². The molecule has 1 aliphatic rings. The Morgan fingerprint density at radius 1 is 1.18 bits per heavy atom. The molecule has 2 atom stereocenters. The summed E-state index contributed by atoms with van der Waals surface area (Å²) < 4.78 is 5.90. The van der Waals surface area contributed by atoms with Gasteiger partial charge in [-0.2, -0.15) is 0 Å². The highest BCUT2D eigenvalue weighted by Crippen LogP contribution is 2.47. The molecular formula is C24H22ClN3O5. The first kappa shape index (κ1) is 22.5. The van der Waals surface area contributed by atoms with Crippen molar-refractivity contribution < 1.29 is 18.9 Å². The Kier molecular flexibility index (Phi) is 6.20. The first-order valence-electron chi connectivity index (χ1n) is 10.4. The third-order valence-electron chi connectivity index (χ3n) is 5.71. The molecule has 2 amide bonds. The fraction of sp³-hybridized carbons (Fsp3) is 0.250. The number of furan rings is 1. The highest BCUT2D eigenvalue weighted by molar-refractivity contribution is 6.34. The van der Waals surface area contributed by atoms with Crippen molar-refractivity contribution in [3.05, 3.63) is 92.4 Å². The average molecular weight is 468 g/mol. The summed E-state index contributed by atoms with van der Waals surface area (Å²) in [5.74, 6) is 1.86. The van der Waals surface area contributed by atoms with Crippen LogP contribution in [0.2, 0.25) is 5.02 Å². The Hall–Kier alpha value is -3.65. The summed E-state index contributed by atoms with van der Waals surface area (Å²) in [7, 11) is 1.66. The number of nitro benzene ring substituents is 1. The van der Waals surface area contributed by atoms with Crippen LogP contribution in [0.4, 0.5) is 11.4 Å². The predicted octanol–water partition coefficient (Wildman–Crippen LogP) is 5.49. The Balaban J connectivity index is 1.48. The zero-order chi connectivity index (χ0) is 23.7. The maximum Gasteiger partial charge on any atom is 0.270 e.